The molecular weight excluding hydrogens is 302 g/mol. The fraction of sp³-hybridized carbons (Fsp3) is 0.333. The van der Waals surface area contributed by atoms with Gasteiger partial charge in [0.05, 0.1) is 12.1 Å². The Bertz CT molecular complexity index is 915. The van der Waals surface area contributed by atoms with Crippen LogP contribution in [0.3, 0.4) is 0 Å². The van der Waals surface area contributed by atoms with Crippen LogP contribution in [0.25, 0.3) is 10.9 Å². The molecule has 0 saturated heterocycles. The van der Waals surface area contributed by atoms with Gasteiger partial charge in [0.2, 0.25) is 0 Å². The number of hydrogen-bond donors (Lipinski definition) is 0. The molecule has 1 aliphatic heterocycles. The molecule has 122 valence electrons. The van der Waals surface area contributed by atoms with E-state index in [-0.39, 0.29) is 5.91 Å². The van der Waals surface area contributed by atoms with Crippen molar-refractivity contribution in [3.63, 3.8) is 0 Å². The quantitative estimate of drug-likeness (QED) is 0.728. The lowest BCUT2D eigenvalue weighted by molar-refractivity contribution is 0.0700. The molecule has 24 heavy (non-hydrogen) atoms. The smallest absolute Gasteiger partial charge is 0.272 e. The monoisotopic (exact) mass is 321 g/mol. The van der Waals surface area contributed by atoms with E-state index in [2.05, 4.69) is 33.6 Å². The number of carbonyl (C=O) groups is 1. The van der Waals surface area contributed by atoms with Crippen molar-refractivity contribution in [2.75, 3.05) is 6.54 Å². The SMILES string of the molecule is CC(C)c1nnc2n1CCN(C(=O)c1ccc3ccccc3n1)C2. The van der Waals surface area contributed by atoms with Gasteiger partial charge in [0.25, 0.3) is 5.91 Å². The molecule has 0 spiro atoms. The molecule has 0 bridgehead atoms. The van der Waals surface area contributed by atoms with E-state index in [4.69, 9.17) is 0 Å². The van der Waals surface area contributed by atoms with Gasteiger partial charge in [-0.3, -0.25) is 4.79 Å². The third-order valence-corrected chi connectivity index (χ3v) is 4.40. The number of benzene rings is 1. The van der Waals surface area contributed by atoms with Crippen molar-refractivity contribution in [1.29, 1.82) is 0 Å². The lowest BCUT2D eigenvalue weighted by atomic mass is 10.2. The molecule has 6 nitrogen and oxygen atoms in total. The largest absolute Gasteiger partial charge is 0.328 e. The van der Waals surface area contributed by atoms with Crippen molar-refractivity contribution in [2.24, 2.45) is 0 Å². The molecule has 0 radical (unpaired) electrons. The molecule has 0 aliphatic carbocycles. The van der Waals surface area contributed by atoms with Crippen LogP contribution in [0.5, 0.6) is 0 Å². The molecule has 0 saturated carbocycles. The Balaban J connectivity index is 1.60. The molecule has 1 amide bonds. The Hall–Kier alpha value is -2.76. The maximum absolute atomic E-state index is 12.8. The van der Waals surface area contributed by atoms with Gasteiger partial charge in [-0.2, -0.15) is 0 Å². The molecule has 2 aromatic heterocycles. The van der Waals surface area contributed by atoms with E-state index >= 15 is 0 Å². The Labute approximate surface area is 140 Å². The number of rotatable bonds is 2. The molecule has 3 aromatic rings. The minimum Gasteiger partial charge on any atom is -0.328 e. The van der Waals surface area contributed by atoms with Gasteiger partial charge < -0.3 is 9.47 Å². The first-order valence-corrected chi connectivity index (χ1v) is 8.20. The summed E-state index contributed by atoms with van der Waals surface area (Å²) in [6.45, 7) is 6.07. The summed E-state index contributed by atoms with van der Waals surface area (Å²) < 4.78 is 2.13. The maximum atomic E-state index is 12.8. The highest BCUT2D eigenvalue weighted by Crippen LogP contribution is 2.20. The molecule has 1 aromatic carbocycles. The summed E-state index contributed by atoms with van der Waals surface area (Å²) in [5.41, 5.74) is 1.32. The molecule has 4 rings (SSSR count). The van der Waals surface area contributed by atoms with Crippen LogP contribution in [-0.4, -0.2) is 37.1 Å². The highest BCUT2D eigenvalue weighted by molar-refractivity contribution is 5.94. The zero-order chi connectivity index (χ0) is 16.7. The molecule has 0 unspecified atom stereocenters. The van der Waals surface area contributed by atoms with Gasteiger partial charge in [0, 0.05) is 24.4 Å². The molecule has 1 aliphatic rings. The topological polar surface area (TPSA) is 63.9 Å². The number of fused-ring (bicyclic) bond motifs is 2. The van der Waals surface area contributed by atoms with Gasteiger partial charge in [-0.05, 0) is 12.1 Å². The molecule has 6 heteroatoms. The average Bonchev–Trinajstić information content (AvgIpc) is 3.04. The van der Waals surface area contributed by atoms with E-state index in [0.717, 1.165) is 29.1 Å². The summed E-state index contributed by atoms with van der Waals surface area (Å²) >= 11 is 0. The highest BCUT2D eigenvalue weighted by atomic mass is 16.2. The van der Waals surface area contributed by atoms with Crippen molar-refractivity contribution >= 4 is 16.8 Å². The minimum absolute atomic E-state index is 0.0545. The van der Waals surface area contributed by atoms with Gasteiger partial charge in [-0.1, -0.05) is 38.1 Å². The third kappa shape index (κ3) is 2.44. The Morgan fingerprint density at radius 2 is 1.92 bits per heavy atom. The molecule has 0 atom stereocenters. The van der Waals surface area contributed by atoms with E-state index < -0.39 is 0 Å². The third-order valence-electron chi connectivity index (χ3n) is 4.40. The fourth-order valence-electron chi connectivity index (χ4n) is 3.13. The Morgan fingerprint density at radius 3 is 2.75 bits per heavy atom. The summed E-state index contributed by atoms with van der Waals surface area (Å²) in [6, 6.07) is 11.6. The van der Waals surface area contributed by atoms with Crippen LogP contribution in [0.1, 0.15) is 41.9 Å². The van der Waals surface area contributed by atoms with Crippen molar-refractivity contribution in [3.05, 3.63) is 53.7 Å². The molecule has 0 fully saturated rings. The standard InChI is InChI=1S/C18H19N5O/c1-12(2)17-21-20-16-11-22(9-10-23(16)17)18(24)15-8-7-13-5-3-4-6-14(13)19-15/h3-8,12H,9-11H2,1-2H3. The van der Waals surface area contributed by atoms with E-state index in [1.54, 1.807) is 11.0 Å². The first-order chi connectivity index (χ1) is 11.6. The second-order valence-corrected chi connectivity index (χ2v) is 6.40. The van der Waals surface area contributed by atoms with Gasteiger partial charge in [-0.25, -0.2) is 4.98 Å². The first-order valence-electron chi connectivity index (χ1n) is 8.20. The summed E-state index contributed by atoms with van der Waals surface area (Å²) in [5.74, 6) is 2.11. The van der Waals surface area contributed by atoms with Crippen molar-refractivity contribution < 1.29 is 4.79 Å². The zero-order valence-corrected chi connectivity index (χ0v) is 13.8. The van der Waals surface area contributed by atoms with Crippen LogP contribution in [0.15, 0.2) is 36.4 Å². The first kappa shape index (κ1) is 14.8. The van der Waals surface area contributed by atoms with E-state index in [1.807, 2.05) is 30.3 Å². The van der Waals surface area contributed by atoms with Crippen LogP contribution < -0.4 is 0 Å². The number of hydrogen-bond acceptors (Lipinski definition) is 4. The van der Waals surface area contributed by atoms with Gasteiger partial charge in [0.15, 0.2) is 5.82 Å². The number of aromatic nitrogens is 4. The Morgan fingerprint density at radius 1 is 1.08 bits per heavy atom. The van der Waals surface area contributed by atoms with Gasteiger partial charge in [0.1, 0.15) is 11.5 Å². The normalized spacial score (nSPS) is 14.2. The van der Waals surface area contributed by atoms with Crippen LogP contribution in [0, 0.1) is 0 Å². The summed E-state index contributed by atoms with van der Waals surface area (Å²) in [5, 5.41) is 9.55. The molecule has 0 N–H and O–H groups in total. The number of nitrogens with zero attached hydrogens (tertiary/aromatic N) is 5. The van der Waals surface area contributed by atoms with Crippen molar-refractivity contribution in [2.45, 2.75) is 32.9 Å². The van der Waals surface area contributed by atoms with Gasteiger partial charge in [-0.15, -0.1) is 10.2 Å². The van der Waals surface area contributed by atoms with Crippen molar-refractivity contribution in [1.82, 2.24) is 24.6 Å². The fourth-order valence-corrected chi connectivity index (χ4v) is 3.13. The number of para-hydroxylation sites is 1. The summed E-state index contributed by atoms with van der Waals surface area (Å²) in [6.07, 6.45) is 0. The minimum atomic E-state index is -0.0545. The van der Waals surface area contributed by atoms with E-state index in [1.165, 1.54) is 0 Å². The maximum Gasteiger partial charge on any atom is 0.272 e. The number of carbonyl (C=O) groups excluding carboxylic acids is 1. The second kappa shape index (κ2) is 5.70. The van der Waals surface area contributed by atoms with Crippen LogP contribution in [-0.2, 0) is 13.1 Å². The van der Waals surface area contributed by atoms with Crippen LogP contribution in [0.4, 0.5) is 0 Å². The summed E-state index contributed by atoms with van der Waals surface area (Å²) in [7, 11) is 0. The predicted octanol–water partition coefficient (Wildman–Crippen LogP) is 2.61. The van der Waals surface area contributed by atoms with E-state index in [9.17, 15) is 4.79 Å². The lowest BCUT2D eigenvalue weighted by Crippen LogP contribution is -2.39. The second-order valence-electron chi connectivity index (χ2n) is 6.40. The lowest BCUT2D eigenvalue weighted by Gasteiger charge is -2.28. The highest BCUT2D eigenvalue weighted by Gasteiger charge is 2.26. The molecule has 3 heterocycles. The van der Waals surface area contributed by atoms with Crippen LogP contribution in [0.2, 0.25) is 0 Å². The summed E-state index contributed by atoms with van der Waals surface area (Å²) in [4.78, 5) is 19.1. The zero-order valence-electron chi connectivity index (χ0n) is 13.8. The van der Waals surface area contributed by atoms with E-state index in [0.29, 0.717) is 24.7 Å². The number of amides is 1. The Kier molecular flexibility index (Phi) is 3.52. The number of pyridine rings is 1. The van der Waals surface area contributed by atoms with Crippen LogP contribution >= 0.6 is 0 Å². The van der Waals surface area contributed by atoms with Gasteiger partial charge >= 0.3 is 0 Å². The predicted molar refractivity (Wildman–Crippen MR) is 90.6 cm³/mol. The average molecular weight is 321 g/mol. The molecular formula is C18H19N5O. The van der Waals surface area contributed by atoms with Crippen molar-refractivity contribution in [3.8, 4) is 0 Å².